The summed E-state index contributed by atoms with van der Waals surface area (Å²) < 4.78 is 2.31. The summed E-state index contributed by atoms with van der Waals surface area (Å²) in [5, 5.41) is 8.95. The minimum absolute atomic E-state index is 0.249. The molecule has 0 fully saturated rings. The van der Waals surface area contributed by atoms with E-state index in [1.54, 1.807) is 0 Å². The molecule has 0 aromatic carbocycles. The van der Waals surface area contributed by atoms with E-state index in [9.17, 15) is 0 Å². The Hall–Kier alpha value is -0.760. The van der Waals surface area contributed by atoms with Gasteiger partial charge in [-0.3, -0.25) is 0 Å². The van der Waals surface area contributed by atoms with Crippen LogP contribution in [0.15, 0.2) is 12.3 Å². The van der Waals surface area contributed by atoms with Crippen molar-refractivity contribution in [2.75, 3.05) is 6.61 Å². The minimum Gasteiger partial charge on any atom is -0.396 e. The highest BCUT2D eigenvalue weighted by Gasteiger charge is 2.09. The lowest BCUT2D eigenvalue weighted by atomic mass is 10.1. The van der Waals surface area contributed by atoms with Gasteiger partial charge >= 0.3 is 0 Å². The fraction of sp³-hybridized carbons (Fsp3) is 0.667. The highest BCUT2D eigenvalue weighted by Crippen LogP contribution is 2.18. The fourth-order valence-electron chi connectivity index (χ4n) is 1.88. The molecule has 0 spiro atoms. The highest BCUT2D eigenvalue weighted by atomic mass is 16.2. The van der Waals surface area contributed by atoms with Crippen LogP contribution in [0.2, 0.25) is 0 Å². The Bertz CT molecular complexity index is 276. The van der Waals surface area contributed by atoms with Crippen LogP contribution in [0.4, 0.5) is 0 Å². The molecule has 1 N–H and O–H groups in total. The zero-order valence-corrected chi connectivity index (χ0v) is 9.45. The van der Waals surface area contributed by atoms with Gasteiger partial charge < -0.3 is 9.67 Å². The van der Waals surface area contributed by atoms with Crippen molar-refractivity contribution in [1.82, 2.24) is 4.57 Å². The molecule has 0 bridgehead atoms. The number of nitrogens with zero attached hydrogens (tertiary/aromatic N) is 1. The molecule has 0 saturated heterocycles. The maximum atomic E-state index is 8.95. The molecule has 0 aliphatic carbocycles. The second-order valence-electron chi connectivity index (χ2n) is 4.01. The molecule has 2 heteroatoms. The van der Waals surface area contributed by atoms with Gasteiger partial charge in [0.25, 0.3) is 0 Å². The SMILES string of the molecule is CCCc1c(CCO)ccn1C(C)C. The van der Waals surface area contributed by atoms with Crippen molar-refractivity contribution in [1.29, 1.82) is 0 Å². The first-order valence-electron chi connectivity index (χ1n) is 5.50. The van der Waals surface area contributed by atoms with Gasteiger partial charge in [0.2, 0.25) is 0 Å². The quantitative estimate of drug-likeness (QED) is 0.767. The van der Waals surface area contributed by atoms with Crippen LogP contribution in [0, 0.1) is 0 Å². The third kappa shape index (κ3) is 2.38. The Labute approximate surface area is 86.6 Å². The smallest absolute Gasteiger partial charge is 0.0472 e. The molecule has 0 aliphatic rings. The maximum absolute atomic E-state index is 8.95. The van der Waals surface area contributed by atoms with Crippen LogP contribution in [0.1, 0.15) is 44.5 Å². The minimum atomic E-state index is 0.249. The standard InChI is InChI=1S/C12H21NO/c1-4-5-12-11(7-9-14)6-8-13(12)10(2)3/h6,8,10,14H,4-5,7,9H2,1-3H3. The Morgan fingerprint density at radius 1 is 1.36 bits per heavy atom. The summed E-state index contributed by atoms with van der Waals surface area (Å²) in [5.41, 5.74) is 2.71. The number of rotatable bonds is 5. The summed E-state index contributed by atoms with van der Waals surface area (Å²) in [7, 11) is 0. The monoisotopic (exact) mass is 195 g/mol. The summed E-state index contributed by atoms with van der Waals surface area (Å²) in [6.45, 7) is 6.84. The molecule has 1 aromatic rings. The number of hydrogen-bond acceptors (Lipinski definition) is 1. The molecule has 0 radical (unpaired) electrons. The number of aliphatic hydroxyl groups is 1. The van der Waals surface area contributed by atoms with E-state index >= 15 is 0 Å². The molecular formula is C12H21NO. The molecule has 0 aliphatic heterocycles. The van der Waals surface area contributed by atoms with Gasteiger partial charge in [-0.05, 0) is 38.3 Å². The van der Waals surface area contributed by atoms with Crippen molar-refractivity contribution in [2.24, 2.45) is 0 Å². The summed E-state index contributed by atoms with van der Waals surface area (Å²) in [6.07, 6.45) is 5.20. The van der Waals surface area contributed by atoms with E-state index in [0.29, 0.717) is 6.04 Å². The van der Waals surface area contributed by atoms with Crippen LogP contribution < -0.4 is 0 Å². The van der Waals surface area contributed by atoms with E-state index in [-0.39, 0.29) is 6.61 Å². The Morgan fingerprint density at radius 3 is 2.57 bits per heavy atom. The Kier molecular flexibility index (Phi) is 4.21. The lowest BCUT2D eigenvalue weighted by Crippen LogP contribution is -2.06. The largest absolute Gasteiger partial charge is 0.396 e. The molecule has 1 aromatic heterocycles. The van der Waals surface area contributed by atoms with Gasteiger partial charge in [-0.1, -0.05) is 13.3 Å². The first-order valence-corrected chi connectivity index (χ1v) is 5.50. The second-order valence-corrected chi connectivity index (χ2v) is 4.01. The van der Waals surface area contributed by atoms with Crippen LogP contribution in [-0.2, 0) is 12.8 Å². The van der Waals surface area contributed by atoms with E-state index in [0.717, 1.165) is 19.3 Å². The van der Waals surface area contributed by atoms with Crippen molar-refractivity contribution in [3.05, 3.63) is 23.5 Å². The molecular weight excluding hydrogens is 174 g/mol. The molecule has 2 nitrogen and oxygen atoms in total. The topological polar surface area (TPSA) is 25.2 Å². The summed E-state index contributed by atoms with van der Waals surface area (Å²) in [4.78, 5) is 0. The molecule has 14 heavy (non-hydrogen) atoms. The number of aromatic nitrogens is 1. The van der Waals surface area contributed by atoms with Crippen LogP contribution in [0.25, 0.3) is 0 Å². The third-order valence-corrected chi connectivity index (χ3v) is 2.54. The highest BCUT2D eigenvalue weighted by molar-refractivity contribution is 5.23. The molecule has 1 rings (SSSR count). The van der Waals surface area contributed by atoms with Crippen LogP contribution in [0.5, 0.6) is 0 Å². The van der Waals surface area contributed by atoms with E-state index in [1.807, 2.05) is 0 Å². The Balaban J connectivity index is 2.94. The predicted molar refractivity (Wildman–Crippen MR) is 59.6 cm³/mol. The zero-order chi connectivity index (χ0) is 10.6. The van der Waals surface area contributed by atoms with E-state index in [2.05, 4.69) is 37.6 Å². The molecule has 1 heterocycles. The van der Waals surface area contributed by atoms with Crippen molar-refractivity contribution in [3.63, 3.8) is 0 Å². The van der Waals surface area contributed by atoms with Crippen molar-refractivity contribution < 1.29 is 5.11 Å². The van der Waals surface area contributed by atoms with Gasteiger partial charge in [-0.15, -0.1) is 0 Å². The van der Waals surface area contributed by atoms with E-state index in [1.165, 1.54) is 11.3 Å². The van der Waals surface area contributed by atoms with Crippen molar-refractivity contribution in [2.45, 2.75) is 46.1 Å². The van der Waals surface area contributed by atoms with Gasteiger partial charge in [0.15, 0.2) is 0 Å². The number of hydrogen-bond donors (Lipinski definition) is 1. The van der Waals surface area contributed by atoms with E-state index < -0.39 is 0 Å². The normalized spacial score (nSPS) is 11.2. The lowest BCUT2D eigenvalue weighted by Gasteiger charge is -2.14. The molecule has 0 atom stereocenters. The van der Waals surface area contributed by atoms with Crippen molar-refractivity contribution >= 4 is 0 Å². The van der Waals surface area contributed by atoms with Gasteiger partial charge in [-0.25, -0.2) is 0 Å². The van der Waals surface area contributed by atoms with E-state index in [4.69, 9.17) is 5.11 Å². The number of aliphatic hydroxyl groups excluding tert-OH is 1. The summed E-state index contributed by atoms with van der Waals surface area (Å²) in [6, 6.07) is 2.66. The average molecular weight is 195 g/mol. The second kappa shape index (κ2) is 5.20. The molecule has 80 valence electrons. The zero-order valence-electron chi connectivity index (χ0n) is 9.45. The Morgan fingerprint density at radius 2 is 2.07 bits per heavy atom. The summed E-state index contributed by atoms with van der Waals surface area (Å²) >= 11 is 0. The van der Waals surface area contributed by atoms with Gasteiger partial charge in [0.1, 0.15) is 0 Å². The fourth-order valence-corrected chi connectivity index (χ4v) is 1.88. The first kappa shape index (κ1) is 11.3. The molecule has 0 unspecified atom stereocenters. The summed E-state index contributed by atoms with van der Waals surface area (Å²) in [5.74, 6) is 0. The maximum Gasteiger partial charge on any atom is 0.0472 e. The van der Waals surface area contributed by atoms with Crippen LogP contribution in [0.3, 0.4) is 0 Å². The van der Waals surface area contributed by atoms with Crippen LogP contribution in [-0.4, -0.2) is 16.3 Å². The molecule has 0 amide bonds. The average Bonchev–Trinajstić information content (AvgIpc) is 2.50. The van der Waals surface area contributed by atoms with Crippen LogP contribution >= 0.6 is 0 Å². The predicted octanol–water partition coefficient (Wildman–Crippen LogP) is 2.56. The first-order chi connectivity index (χ1) is 6.70. The van der Waals surface area contributed by atoms with Gasteiger partial charge in [0, 0.05) is 24.5 Å². The lowest BCUT2D eigenvalue weighted by molar-refractivity contribution is 0.299. The van der Waals surface area contributed by atoms with Gasteiger partial charge in [-0.2, -0.15) is 0 Å². The third-order valence-electron chi connectivity index (χ3n) is 2.54. The molecule has 0 saturated carbocycles. The van der Waals surface area contributed by atoms with Gasteiger partial charge in [0.05, 0.1) is 0 Å². The van der Waals surface area contributed by atoms with Crippen molar-refractivity contribution in [3.8, 4) is 0 Å².